The highest BCUT2D eigenvalue weighted by molar-refractivity contribution is 5.80. The summed E-state index contributed by atoms with van der Waals surface area (Å²) < 4.78 is 18.4. The summed E-state index contributed by atoms with van der Waals surface area (Å²) >= 11 is 0. The quantitative estimate of drug-likeness (QED) is 0.931. The smallest absolute Gasteiger partial charge is 0.410 e. The van der Waals surface area contributed by atoms with E-state index in [0.29, 0.717) is 25.1 Å². The van der Waals surface area contributed by atoms with Crippen LogP contribution in [0, 0.1) is 11.7 Å². The van der Waals surface area contributed by atoms with E-state index < -0.39 is 11.7 Å². The Morgan fingerprint density at radius 3 is 2.78 bits per heavy atom. The fourth-order valence-electron chi connectivity index (χ4n) is 2.45. The minimum Gasteiger partial charge on any atom is -0.444 e. The average molecular weight is 322 g/mol. The van der Waals surface area contributed by atoms with Crippen molar-refractivity contribution < 1.29 is 18.7 Å². The Bertz CT molecular complexity index is 583. The van der Waals surface area contributed by atoms with Crippen LogP contribution in [-0.2, 0) is 16.1 Å². The SMILES string of the molecule is CC(C)(C)OC(=O)N1CCC(C(=O)NCc2cccc(F)c2)C1. The number of rotatable bonds is 3. The Labute approximate surface area is 135 Å². The molecule has 0 aromatic heterocycles. The van der Waals surface area contributed by atoms with Gasteiger partial charge in [-0.2, -0.15) is 0 Å². The molecule has 23 heavy (non-hydrogen) atoms. The minimum absolute atomic E-state index is 0.125. The van der Waals surface area contributed by atoms with Gasteiger partial charge in [-0.3, -0.25) is 4.79 Å². The second kappa shape index (κ2) is 6.98. The lowest BCUT2D eigenvalue weighted by Gasteiger charge is -2.24. The van der Waals surface area contributed by atoms with Gasteiger partial charge in [0.15, 0.2) is 0 Å². The zero-order valence-electron chi connectivity index (χ0n) is 13.8. The number of halogens is 1. The van der Waals surface area contributed by atoms with Gasteiger partial charge >= 0.3 is 6.09 Å². The molecular weight excluding hydrogens is 299 g/mol. The lowest BCUT2D eigenvalue weighted by molar-refractivity contribution is -0.124. The van der Waals surface area contributed by atoms with Crippen molar-refractivity contribution in [1.82, 2.24) is 10.2 Å². The average Bonchev–Trinajstić information content (AvgIpc) is 2.93. The maximum atomic E-state index is 13.1. The van der Waals surface area contributed by atoms with Crippen LogP contribution in [0.3, 0.4) is 0 Å². The summed E-state index contributed by atoms with van der Waals surface area (Å²) in [5, 5.41) is 2.79. The lowest BCUT2D eigenvalue weighted by Crippen LogP contribution is -2.37. The van der Waals surface area contributed by atoms with Gasteiger partial charge in [-0.15, -0.1) is 0 Å². The van der Waals surface area contributed by atoms with E-state index in [2.05, 4.69) is 5.32 Å². The summed E-state index contributed by atoms with van der Waals surface area (Å²) in [5.74, 6) is -0.704. The zero-order chi connectivity index (χ0) is 17.0. The van der Waals surface area contributed by atoms with Crippen molar-refractivity contribution in [2.75, 3.05) is 13.1 Å². The van der Waals surface area contributed by atoms with Crippen LogP contribution < -0.4 is 5.32 Å². The van der Waals surface area contributed by atoms with Gasteiger partial charge in [0.2, 0.25) is 5.91 Å². The maximum Gasteiger partial charge on any atom is 0.410 e. The highest BCUT2D eigenvalue weighted by Crippen LogP contribution is 2.19. The Kier molecular flexibility index (Phi) is 5.23. The number of carbonyl (C=O) groups is 2. The fraction of sp³-hybridized carbons (Fsp3) is 0.529. The predicted molar refractivity (Wildman–Crippen MR) is 84.2 cm³/mol. The van der Waals surface area contributed by atoms with Gasteiger partial charge in [-0.05, 0) is 44.9 Å². The van der Waals surface area contributed by atoms with Crippen molar-refractivity contribution >= 4 is 12.0 Å². The Hall–Kier alpha value is -2.11. The lowest BCUT2D eigenvalue weighted by atomic mass is 10.1. The predicted octanol–water partition coefficient (Wildman–Crippen LogP) is 2.70. The largest absolute Gasteiger partial charge is 0.444 e. The molecule has 2 amide bonds. The van der Waals surface area contributed by atoms with E-state index >= 15 is 0 Å². The van der Waals surface area contributed by atoms with Crippen molar-refractivity contribution in [3.63, 3.8) is 0 Å². The van der Waals surface area contributed by atoms with Crippen molar-refractivity contribution in [3.05, 3.63) is 35.6 Å². The third kappa shape index (κ3) is 5.23. The molecule has 1 unspecified atom stereocenters. The first-order valence-electron chi connectivity index (χ1n) is 7.75. The molecule has 0 aliphatic carbocycles. The standard InChI is InChI=1S/C17H23FN2O3/c1-17(2,3)23-16(22)20-8-7-13(11-20)15(21)19-10-12-5-4-6-14(18)9-12/h4-6,9,13H,7-8,10-11H2,1-3H3,(H,19,21). The second-order valence-corrected chi connectivity index (χ2v) is 6.76. The van der Waals surface area contributed by atoms with Crippen LogP contribution >= 0.6 is 0 Å². The van der Waals surface area contributed by atoms with Gasteiger partial charge in [0.25, 0.3) is 0 Å². The summed E-state index contributed by atoms with van der Waals surface area (Å²) in [6, 6.07) is 6.12. The van der Waals surface area contributed by atoms with Crippen LogP contribution in [-0.4, -0.2) is 35.6 Å². The molecule has 126 valence electrons. The molecular formula is C17H23FN2O3. The molecule has 1 heterocycles. The van der Waals surface area contributed by atoms with Crippen LogP contribution in [0.25, 0.3) is 0 Å². The summed E-state index contributed by atoms with van der Waals surface area (Å²) in [6.45, 7) is 6.56. The van der Waals surface area contributed by atoms with Crippen molar-refractivity contribution in [3.8, 4) is 0 Å². The molecule has 1 aliphatic heterocycles. The molecule has 6 heteroatoms. The molecule has 1 aromatic rings. The Morgan fingerprint density at radius 1 is 1.39 bits per heavy atom. The van der Waals surface area contributed by atoms with Crippen LogP contribution in [0.1, 0.15) is 32.8 Å². The highest BCUT2D eigenvalue weighted by Gasteiger charge is 2.33. The van der Waals surface area contributed by atoms with E-state index in [1.165, 1.54) is 12.1 Å². The van der Waals surface area contributed by atoms with Crippen LogP contribution in [0.5, 0.6) is 0 Å². The number of likely N-dealkylation sites (tertiary alicyclic amines) is 1. The van der Waals surface area contributed by atoms with Crippen LogP contribution in [0.2, 0.25) is 0 Å². The molecule has 1 N–H and O–H groups in total. The van der Waals surface area contributed by atoms with Gasteiger partial charge in [-0.25, -0.2) is 9.18 Å². The molecule has 0 bridgehead atoms. The van der Waals surface area contributed by atoms with Gasteiger partial charge in [0.1, 0.15) is 11.4 Å². The molecule has 1 saturated heterocycles. The number of nitrogens with one attached hydrogen (secondary N) is 1. The third-order valence-corrected chi connectivity index (χ3v) is 3.57. The molecule has 1 fully saturated rings. The number of amides is 2. The van der Waals surface area contributed by atoms with E-state index in [0.717, 1.165) is 0 Å². The number of carbonyl (C=O) groups excluding carboxylic acids is 2. The van der Waals surface area contributed by atoms with Gasteiger partial charge < -0.3 is 15.0 Å². The molecule has 2 rings (SSSR count). The van der Waals surface area contributed by atoms with Crippen LogP contribution in [0.4, 0.5) is 9.18 Å². The monoisotopic (exact) mass is 322 g/mol. The van der Waals surface area contributed by atoms with Gasteiger partial charge in [-0.1, -0.05) is 12.1 Å². The number of nitrogens with zero attached hydrogens (tertiary/aromatic N) is 1. The normalized spacial score (nSPS) is 17.9. The van der Waals surface area contributed by atoms with E-state index in [4.69, 9.17) is 4.74 Å². The molecule has 1 atom stereocenters. The summed E-state index contributed by atoms with van der Waals surface area (Å²) in [6.07, 6.45) is 0.215. The van der Waals surface area contributed by atoms with Crippen molar-refractivity contribution in [2.24, 2.45) is 5.92 Å². The van der Waals surface area contributed by atoms with E-state index in [1.54, 1.807) is 17.0 Å². The molecule has 0 spiro atoms. The van der Waals surface area contributed by atoms with E-state index in [1.807, 2.05) is 20.8 Å². The number of hydrogen-bond acceptors (Lipinski definition) is 3. The highest BCUT2D eigenvalue weighted by atomic mass is 19.1. The second-order valence-electron chi connectivity index (χ2n) is 6.76. The molecule has 1 aromatic carbocycles. The summed E-state index contributed by atoms with van der Waals surface area (Å²) in [4.78, 5) is 25.7. The van der Waals surface area contributed by atoms with Crippen molar-refractivity contribution in [1.29, 1.82) is 0 Å². The first-order chi connectivity index (χ1) is 10.7. The molecule has 0 saturated carbocycles. The van der Waals surface area contributed by atoms with Crippen LogP contribution in [0.15, 0.2) is 24.3 Å². The topological polar surface area (TPSA) is 58.6 Å². The number of hydrogen-bond donors (Lipinski definition) is 1. The minimum atomic E-state index is -0.547. The molecule has 5 nitrogen and oxygen atoms in total. The fourth-order valence-corrected chi connectivity index (χ4v) is 2.45. The van der Waals surface area contributed by atoms with Gasteiger partial charge in [0, 0.05) is 19.6 Å². The summed E-state index contributed by atoms with van der Waals surface area (Å²) in [5.41, 5.74) is 0.162. The summed E-state index contributed by atoms with van der Waals surface area (Å²) in [7, 11) is 0. The number of benzene rings is 1. The third-order valence-electron chi connectivity index (χ3n) is 3.57. The maximum absolute atomic E-state index is 13.1. The Balaban J connectivity index is 1.82. The van der Waals surface area contributed by atoms with Crippen molar-refractivity contribution in [2.45, 2.75) is 39.3 Å². The first-order valence-corrected chi connectivity index (χ1v) is 7.75. The van der Waals surface area contributed by atoms with E-state index in [-0.39, 0.29) is 24.2 Å². The first kappa shape index (κ1) is 17.2. The zero-order valence-corrected chi connectivity index (χ0v) is 13.8. The van der Waals surface area contributed by atoms with Gasteiger partial charge in [0.05, 0.1) is 5.92 Å². The molecule has 0 radical (unpaired) electrons. The molecule has 1 aliphatic rings. The number of ether oxygens (including phenoxy) is 1. The van der Waals surface area contributed by atoms with E-state index in [9.17, 15) is 14.0 Å². The Morgan fingerprint density at radius 2 is 2.13 bits per heavy atom.